The second-order valence-corrected chi connectivity index (χ2v) is 7.30. The fourth-order valence-corrected chi connectivity index (χ4v) is 4.54. The second-order valence-electron chi connectivity index (χ2n) is 7.30. The molecule has 3 rings (SSSR count). The lowest BCUT2D eigenvalue weighted by Gasteiger charge is -2.36. The van der Waals surface area contributed by atoms with Gasteiger partial charge in [-0.15, -0.1) is 0 Å². The van der Waals surface area contributed by atoms with Crippen LogP contribution in [-0.2, 0) is 4.79 Å². The van der Waals surface area contributed by atoms with Crippen LogP contribution in [0.3, 0.4) is 0 Å². The molecule has 2 heterocycles. The zero-order valence-corrected chi connectivity index (χ0v) is 12.9. The van der Waals surface area contributed by atoms with E-state index in [1.54, 1.807) is 4.90 Å². The number of piperidine rings is 1. The van der Waals surface area contributed by atoms with Crippen LogP contribution < -0.4 is 5.32 Å². The van der Waals surface area contributed by atoms with E-state index in [1.807, 2.05) is 0 Å². The van der Waals surface area contributed by atoms with E-state index in [2.05, 4.69) is 5.32 Å². The van der Waals surface area contributed by atoms with Gasteiger partial charge in [-0.1, -0.05) is 12.8 Å². The van der Waals surface area contributed by atoms with E-state index in [1.165, 1.54) is 0 Å². The van der Waals surface area contributed by atoms with Crippen LogP contribution in [0, 0.1) is 17.3 Å². The summed E-state index contributed by atoms with van der Waals surface area (Å²) in [5, 5.41) is 3.32. The van der Waals surface area contributed by atoms with Gasteiger partial charge in [-0.25, -0.2) is 0 Å². The number of rotatable bonds is 1. The molecule has 1 saturated carbocycles. The fraction of sp³-hybridized carbons (Fsp3) is 0.938. The normalized spacial score (nSPS) is 32.4. The summed E-state index contributed by atoms with van der Waals surface area (Å²) in [6, 6.07) is 0. The Balaban J connectivity index is 1.68. The van der Waals surface area contributed by atoms with Crippen molar-refractivity contribution in [3.63, 3.8) is 0 Å². The van der Waals surface area contributed by atoms with Crippen LogP contribution in [0.15, 0.2) is 0 Å². The molecule has 2 aliphatic heterocycles. The summed E-state index contributed by atoms with van der Waals surface area (Å²) >= 11 is 0. The minimum Gasteiger partial charge on any atom is -0.342 e. The summed E-state index contributed by atoms with van der Waals surface area (Å²) < 4.78 is 39.6. The van der Waals surface area contributed by atoms with Crippen LogP contribution in [0.5, 0.6) is 0 Å². The van der Waals surface area contributed by atoms with Gasteiger partial charge in [0.25, 0.3) is 0 Å². The van der Waals surface area contributed by atoms with Gasteiger partial charge < -0.3 is 10.2 Å². The van der Waals surface area contributed by atoms with Crippen LogP contribution in [0.25, 0.3) is 0 Å². The number of carbonyl (C=O) groups excluding carboxylic acids is 1. The van der Waals surface area contributed by atoms with Crippen molar-refractivity contribution in [2.45, 2.75) is 51.1 Å². The number of hydrogen-bond acceptors (Lipinski definition) is 2. The van der Waals surface area contributed by atoms with E-state index in [9.17, 15) is 18.0 Å². The zero-order valence-electron chi connectivity index (χ0n) is 12.9. The summed E-state index contributed by atoms with van der Waals surface area (Å²) in [6.45, 7) is 3.21. The van der Waals surface area contributed by atoms with Crippen molar-refractivity contribution in [1.82, 2.24) is 10.2 Å². The van der Waals surface area contributed by atoms with E-state index in [-0.39, 0.29) is 17.7 Å². The third-order valence-electron chi connectivity index (χ3n) is 5.92. The molecule has 3 nitrogen and oxygen atoms in total. The fourth-order valence-electron chi connectivity index (χ4n) is 4.54. The molecule has 1 spiro atoms. The SMILES string of the molecule is O=C(C1CCCCC1C(F)(F)F)N1CCC2(CCNCC2)C1. The Hall–Kier alpha value is -0.780. The zero-order chi connectivity index (χ0) is 15.8. The molecule has 2 saturated heterocycles. The molecule has 0 aromatic carbocycles. The molecule has 126 valence electrons. The molecule has 0 aromatic rings. The molecule has 2 atom stereocenters. The van der Waals surface area contributed by atoms with Crippen molar-refractivity contribution in [3.8, 4) is 0 Å². The van der Waals surface area contributed by atoms with Crippen LogP contribution in [-0.4, -0.2) is 43.2 Å². The van der Waals surface area contributed by atoms with Gasteiger partial charge in [0.05, 0.1) is 5.92 Å². The first-order chi connectivity index (χ1) is 10.4. The molecular weight excluding hydrogens is 293 g/mol. The van der Waals surface area contributed by atoms with Gasteiger partial charge in [-0.2, -0.15) is 13.2 Å². The average Bonchev–Trinajstić information content (AvgIpc) is 2.90. The lowest BCUT2D eigenvalue weighted by Crippen LogP contribution is -2.45. The first-order valence-corrected chi connectivity index (χ1v) is 8.48. The Morgan fingerprint density at radius 3 is 2.45 bits per heavy atom. The van der Waals surface area contributed by atoms with E-state index in [4.69, 9.17) is 0 Å². The Labute approximate surface area is 129 Å². The van der Waals surface area contributed by atoms with Crippen molar-refractivity contribution in [2.75, 3.05) is 26.2 Å². The summed E-state index contributed by atoms with van der Waals surface area (Å²) in [4.78, 5) is 14.4. The summed E-state index contributed by atoms with van der Waals surface area (Å²) in [5.41, 5.74) is 0.156. The lowest BCUT2D eigenvalue weighted by atomic mass is 9.77. The number of alkyl halides is 3. The van der Waals surface area contributed by atoms with Gasteiger partial charge in [0.1, 0.15) is 0 Å². The second kappa shape index (κ2) is 6.02. The number of amides is 1. The minimum atomic E-state index is -4.24. The van der Waals surface area contributed by atoms with Gasteiger partial charge in [0, 0.05) is 19.0 Å². The maximum atomic E-state index is 13.2. The number of hydrogen-bond donors (Lipinski definition) is 1. The van der Waals surface area contributed by atoms with Crippen LogP contribution >= 0.6 is 0 Å². The maximum absolute atomic E-state index is 13.2. The molecule has 22 heavy (non-hydrogen) atoms. The predicted molar refractivity (Wildman–Crippen MR) is 77.2 cm³/mol. The molecule has 0 bridgehead atoms. The van der Waals surface area contributed by atoms with E-state index in [0.717, 1.165) is 38.8 Å². The summed E-state index contributed by atoms with van der Waals surface area (Å²) in [7, 11) is 0. The highest BCUT2D eigenvalue weighted by molar-refractivity contribution is 5.79. The number of nitrogens with one attached hydrogen (secondary N) is 1. The van der Waals surface area contributed by atoms with Gasteiger partial charge in [-0.05, 0) is 50.6 Å². The van der Waals surface area contributed by atoms with Gasteiger partial charge >= 0.3 is 6.18 Å². The van der Waals surface area contributed by atoms with Gasteiger partial charge in [0.2, 0.25) is 5.91 Å². The largest absolute Gasteiger partial charge is 0.392 e. The van der Waals surface area contributed by atoms with Crippen LogP contribution in [0.4, 0.5) is 13.2 Å². The molecule has 2 unspecified atom stereocenters. The van der Waals surface area contributed by atoms with Crippen molar-refractivity contribution < 1.29 is 18.0 Å². The van der Waals surface area contributed by atoms with E-state index < -0.39 is 18.0 Å². The topological polar surface area (TPSA) is 32.3 Å². The molecule has 0 radical (unpaired) electrons. The minimum absolute atomic E-state index is 0.114. The third kappa shape index (κ3) is 3.12. The summed E-state index contributed by atoms with van der Waals surface area (Å²) in [6.07, 6.45) is 0.608. The van der Waals surface area contributed by atoms with Crippen molar-refractivity contribution in [3.05, 3.63) is 0 Å². The van der Waals surface area contributed by atoms with Gasteiger partial charge in [-0.3, -0.25) is 4.79 Å². The van der Waals surface area contributed by atoms with Crippen molar-refractivity contribution in [2.24, 2.45) is 17.3 Å². The molecule has 3 fully saturated rings. The van der Waals surface area contributed by atoms with E-state index >= 15 is 0 Å². The highest BCUT2D eigenvalue weighted by Crippen LogP contribution is 2.44. The molecule has 6 heteroatoms. The first kappa shape index (κ1) is 16.1. The quantitative estimate of drug-likeness (QED) is 0.806. The Bertz CT molecular complexity index is 418. The Morgan fingerprint density at radius 2 is 1.77 bits per heavy atom. The van der Waals surface area contributed by atoms with Crippen LogP contribution in [0.2, 0.25) is 0 Å². The standard InChI is InChI=1S/C16H25F3N2O/c17-16(18,19)13-4-2-1-3-12(13)14(22)21-10-7-15(11-21)5-8-20-9-6-15/h12-13,20H,1-11H2. The Kier molecular flexibility index (Phi) is 4.40. The van der Waals surface area contributed by atoms with Crippen molar-refractivity contribution >= 4 is 5.91 Å². The number of likely N-dealkylation sites (tertiary alicyclic amines) is 1. The van der Waals surface area contributed by atoms with Crippen LogP contribution in [0.1, 0.15) is 44.9 Å². The highest BCUT2D eigenvalue weighted by atomic mass is 19.4. The summed E-state index contributed by atoms with van der Waals surface area (Å²) in [5.74, 6) is -2.51. The molecule has 0 aromatic heterocycles. The highest BCUT2D eigenvalue weighted by Gasteiger charge is 2.50. The number of halogens is 3. The van der Waals surface area contributed by atoms with Crippen molar-refractivity contribution in [1.29, 1.82) is 0 Å². The average molecular weight is 318 g/mol. The molecule has 1 N–H and O–H groups in total. The third-order valence-corrected chi connectivity index (χ3v) is 5.92. The maximum Gasteiger partial charge on any atom is 0.392 e. The van der Waals surface area contributed by atoms with E-state index in [0.29, 0.717) is 25.9 Å². The number of carbonyl (C=O) groups is 1. The smallest absolute Gasteiger partial charge is 0.342 e. The molecule has 1 amide bonds. The first-order valence-electron chi connectivity index (χ1n) is 8.48. The monoisotopic (exact) mass is 318 g/mol. The predicted octanol–water partition coefficient (Wildman–Crippen LogP) is 2.96. The number of nitrogens with zero attached hydrogens (tertiary/aromatic N) is 1. The van der Waals surface area contributed by atoms with Gasteiger partial charge in [0.15, 0.2) is 0 Å². The lowest BCUT2D eigenvalue weighted by molar-refractivity contribution is -0.200. The Morgan fingerprint density at radius 1 is 1.09 bits per heavy atom. The molecule has 3 aliphatic rings. The molecule has 1 aliphatic carbocycles. The molecular formula is C16H25F3N2O.